The summed E-state index contributed by atoms with van der Waals surface area (Å²) in [4.78, 5) is 28.6. The van der Waals surface area contributed by atoms with Crippen LogP contribution in [0.25, 0.3) is 0 Å². The van der Waals surface area contributed by atoms with E-state index in [1.54, 1.807) is 17.0 Å². The van der Waals surface area contributed by atoms with Crippen molar-refractivity contribution < 1.29 is 19.1 Å². The Labute approximate surface area is 185 Å². The number of ketones is 1. The first-order chi connectivity index (χ1) is 15.4. The third-order valence-corrected chi connectivity index (χ3v) is 6.74. The highest BCUT2D eigenvalue weighted by atomic mass is 19.1. The molecule has 2 heterocycles. The van der Waals surface area contributed by atoms with E-state index in [9.17, 15) is 19.1 Å². The molecule has 6 heteroatoms. The highest BCUT2D eigenvalue weighted by Gasteiger charge is 2.58. The number of benzene rings is 3. The number of hydrogen-bond donors (Lipinski definition) is 2. The topological polar surface area (TPSA) is 69.6 Å². The highest BCUT2D eigenvalue weighted by Crippen LogP contribution is 2.52. The van der Waals surface area contributed by atoms with Crippen LogP contribution in [0.1, 0.15) is 41.3 Å². The summed E-state index contributed by atoms with van der Waals surface area (Å²) in [5.74, 6) is -1.39. The molecule has 0 saturated carbocycles. The van der Waals surface area contributed by atoms with Gasteiger partial charge < -0.3 is 10.4 Å². The Kier molecular flexibility index (Phi) is 4.64. The summed E-state index contributed by atoms with van der Waals surface area (Å²) < 4.78 is 13.3. The maximum atomic E-state index is 13.9. The summed E-state index contributed by atoms with van der Waals surface area (Å²) >= 11 is 0. The van der Waals surface area contributed by atoms with E-state index in [1.807, 2.05) is 43.3 Å². The molecule has 0 aromatic heterocycles. The molecule has 5 rings (SSSR count). The Morgan fingerprint density at radius 3 is 2.41 bits per heavy atom. The largest absolute Gasteiger partial charge is 0.382 e. The molecule has 2 atom stereocenters. The number of hydrogen-bond acceptors (Lipinski definition) is 4. The molecule has 0 spiro atoms. The Bertz CT molecular complexity index is 1230. The van der Waals surface area contributed by atoms with Crippen molar-refractivity contribution in [1.82, 2.24) is 0 Å². The van der Waals surface area contributed by atoms with Crippen molar-refractivity contribution in [2.75, 3.05) is 16.8 Å². The van der Waals surface area contributed by atoms with Crippen molar-refractivity contribution in [3.8, 4) is 0 Å². The van der Waals surface area contributed by atoms with Crippen molar-refractivity contribution in [1.29, 1.82) is 0 Å². The number of amides is 1. The van der Waals surface area contributed by atoms with E-state index in [0.29, 0.717) is 24.2 Å². The zero-order chi connectivity index (χ0) is 22.5. The van der Waals surface area contributed by atoms with Crippen LogP contribution in [0.4, 0.5) is 15.8 Å². The van der Waals surface area contributed by atoms with Gasteiger partial charge in [0.25, 0.3) is 5.91 Å². The number of para-hydroxylation sites is 2. The Morgan fingerprint density at radius 2 is 1.69 bits per heavy atom. The second-order valence-corrected chi connectivity index (χ2v) is 8.41. The molecule has 0 aliphatic carbocycles. The van der Waals surface area contributed by atoms with Gasteiger partial charge in [0.05, 0.1) is 17.6 Å². The first-order valence-electron chi connectivity index (χ1n) is 10.7. The smallest absolute Gasteiger partial charge is 0.265 e. The molecule has 5 nitrogen and oxygen atoms in total. The fraction of sp³-hybridized carbons (Fsp3) is 0.231. The van der Waals surface area contributed by atoms with Gasteiger partial charge in [0.1, 0.15) is 5.82 Å². The molecule has 2 aliphatic rings. The molecule has 3 aromatic carbocycles. The first-order valence-corrected chi connectivity index (χ1v) is 10.7. The van der Waals surface area contributed by atoms with Gasteiger partial charge >= 0.3 is 0 Å². The van der Waals surface area contributed by atoms with Gasteiger partial charge in [0, 0.05) is 28.9 Å². The number of aliphatic hydroxyl groups is 1. The molecule has 0 saturated heterocycles. The standard InChI is InChI=1S/C26H23FN2O3/c1-2-25(16-28-21-9-5-3-7-19(21)25)29-22-10-6-4-8-20(22)26(32,24(29)31)15-23(30)17-11-13-18(27)14-12-17/h3-14,28,32H,2,15-16H2,1H3. The highest BCUT2D eigenvalue weighted by molar-refractivity contribution is 6.12. The normalized spacial score (nSPS) is 23.6. The van der Waals surface area contributed by atoms with E-state index in [0.717, 1.165) is 11.3 Å². The zero-order valence-electron chi connectivity index (χ0n) is 17.6. The molecule has 0 radical (unpaired) electrons. The fourth-order valence-electron chi connectivity index (χ4n) is 5.05. The minimum atomic E-state index is -2.00. The molecule has 0 bridgehead atoms. The van der Waals surface area contributed by atoms with E-state index in [2.05, 4.69) is 5.32 Å². The molecule has 32 heavy (non-hydrogen) atoms. The molecule has 2 unspecified atom stereocenters. The quantitative estimate of drug-likeness (QED) is 0.590. The number of rotatable bonds is 5. The lowest BCUT2D eigenvalue weighted by Gasteiger charge is -2.39. The third kappa shape index (κ3) is 2.79. The van der Waals surface area contributed by atoms with Gasteiger partial charge in [0.2, 0.25) is 0 Å². The van der Waals surface area contributed by atoms with Crippen LogP contribution in [-0.2, 0) is 15.9 Å². The molecule has 3 aromatic rings. The van der Waals surface area contributed by atoms with Gasteiger partial charge in [-0.05, 0) is 42.8 Å². The molecular weight excluding hydrogens is 407 g/mol. The molecule has 2 N–H and O–H groups in total. The molecule has 162 valence electrons. The fourth-order valence-corrected chi connectivity index (χ4v) is 5.05. The monoisotopic (exact) mass is 430 g/mol. The van der Waals surface area contributed by atoms with Gasteiger partial charge in [-0.2, -0.15) is 0 Å². The van der Waals surface area contributed by atoms with Gasteiger partial charge in [-0.15, -0.1) is 0 Å². The number of fused-ring (bicyclic) bond motifs is 2. The van der Waals surface area contributed by atoms with Crippen molar-refractivity contribution in [3.05, 3.63) is 95.3 Å². The predicted molar refractivity (Wildman–Crippen MR) is 120 cm³/mol. The van der Waals surface area contributed by atoms with Gasteiger partial charge in [0.15, 0.2) is 11.4 Å². The second kappa shape index (κ2) is 7.28. The summed E-state index contributed by atoms with van der Waals surface area (Å²) in [5, 5.41) is 15.1. The number of nitrogens with one attached hydrogen (secondary N) is 1. The number of nitrogens with zero attached hydrogens (tertiary/aromatic N) is 1. The Morgan fingerprint density at radius 1 is 1.03 bits per heavy atom. The van der Waals surface area contributed by atoms with E-state index < -0.39 is 35.1 Å². The van der Waals surface area contributed by atoms with Crippen LogP contribution in [0.3, 0.4) is 0 Å². The molecule has 2 aliphatic heterocycles. The minimum absolute atomic E-state index is 0.252. The van der Waals surface area contributed by atoms with Crippen LogP contribution in [0, 0.1) is 5.82 Å². The first kappa shape index (κ1) is 20.4. The number of Topliss-reactive ketones (excluding diaryl/α,β-unsaturated/α-hetero) is 1. The van der Waals surface area contributed by atoms with Crippen LogP contribution in [-0.4, -0.2) is 23.3 Å². The maximum Gasteiger partial charge on any atom is 0.265 e. The van der Waals surface area contributed by atoms with Crippen LogP contribution < -0.4 is 10.2 Å². The van der Waals surface area contributed by atoms with Crippen molar-refractivity contribution >= 4 is 23.1 Å². The summed E-state index contributed by atoms with van der Waals surface area (Å²) in [7, 11) is 0. The molecular formula is C26H23FN2O3. The van der Waals surface area contributed by atoms with Gasteiger partial charge in [-0.1, -0.05) is 43.3 Å². The third-order valence-electron chi connectivity index (χ3n) is 6.74. The van der Waals surface area contributed by atoms with Crippen LogP contribution in [0.15, 0.2) is 72.8 Å². The molecule has 1 amide bonds. The number of carbonyl (C=O) groups is 2. The van der Waals surface area contributed by atoms with Crippen LogP contribution in [0.5, 0.6) is 0 Å². The second-order valence-electron chi connectivity index (χ2n) is 8.41. The Hall–Kier alpha value is -3.51. The van der Waals surface area contributed by atoms with E-state index in [4.69, 9.17) is 0 Å². The number of halogens is 1. The lowest BCUT2D eigenvalue weighted by molar-refractivity contribution is -0.137. The van der Waals surface area contributed by atoms with Gasteiger partial charge in [-0.3, -0.25) is 14.5 Å². The lowest BCUT2D eigenvalue weighted by atomic mass is 9.86. The van der Waals surface area contributed by atoms with Gasteiger partial charge in [-0.25, -0.2) is 4.39 Å². The van der Waals surface area contributed by atoms with Crippen LogP contribution >= 0.6 is 0 Å². The number of anilines is 2. The predicted octanol–water partition coefficient (Wildman–Crippen LogP) is 4.36. The van der Waals surface area contributed by atoms with E-state index in [1.165, 1.54) is 24.3 Å². The lowest BCUT2D eigenvalue weighted by Crippen LogP contribution is -2.53. The average molecular weight is 430 g/mol. The summed E-state index contributed by atoms with van der Waals surface area (Å²) in [5.41, 5.74) is 0.526. The summed E-state index contributed by atoms with van der Waals surface area (Å²) in [6, 6.07) is 20.1. The summed E-state index contributed by atoms with van der Waals surface area (Å²) in [6.45, 7) is 2.52. The van der Waals surface area contributed by atoms with Crippen LogP contribution in [0.2, 0.25) is 0 Å². The zero-order valence-corrected chi connectivity index (χ0v) is 17.6. The van der Waals surface area contributed by atoms with E-state index in [-0.39, 0.29) is 5.56 Å². The molecule has 0 fully saturated rings. The Balaban J connectivity index is 1.60. The SMILES string of the molecule is CCC1(N2C(=O)C(O)(CC(=O)c3ccc(F)cc3)c3ccccc32)CNc2ccccc21. The van der Waals surface area contributed by atoms with Crippen molar-refractivity contribution in [2.24, 2.45) is 0 Å². The minimum Gasteiger partial charge on any atom is -0.382 e. The number of carbonyl (C=O) groups excluding carboxylic acids is 2. The average Bonchev–Trinajstić information content (AvgIpc) is 3.29. The maximum absolute atomic E-state index is 13.9. The van der Waals surface area contributed by atoms with Crippen molar-refractivity contribution in [2.45, 2.75) is 30.9 Å². The van der Waals surface area contributed by atoms with E-state index >= 15 is 0 Å². The summed E-state index contributed by atoms with van der Waals surface area (Å²) in [6.07, 6.45) is 0.207. The van der Waals surface area contributed by atoms with Crippen molar-refractivity contribution in [3.63, 3.8) is 0 Å².